The SMILES string of the molecule is CCNC(=NCCCC(=O)OC1CCCC1)NCCC(F)(F)F. The lowest BCUT2D eigenvalue weighted by molar-refractivity contribution is -0.148. The van der Waals surface area contributed by atoms with Gasteiger partial charge in [0.25, 0.3) is 0 Å². The highest BCUT2D eigenvalue weighted by molar-refractivity contribution is 5.79. The number of carbonyl (C=O) groups is 1. The summed E-state index contributed by atoms with van der Waals surface area (Å²) in [6.07, 6.45) is -0.138. The Balaban J connectivity index is 2.20. The molecule has 0 aliphatic heterocycles. The van der Waals surface area contributed by atoms with E-state index >= 15 is 0 Å². The van der Waals surface area contributed by atoms with E-state index in [1.165, 1.54) is 0 Å². The summed E-state index contributed by atoms with van der Waals surface area (Å²) < 4.78 is 41.6. The maximum absolute atomic E-state index is 12.1. The Bertz CT molecular complexity index is 381. The van der Waals surface area contributed by atoms with E-state index in [1.54, 1.807) is 0 Å². The van der Waals surface area contributed by atoms with Gasteiger partial charge >= 0.3 is 12.1 Å². The van der Waals surface area contributed by atoms with Crippen LogP contribution in [-0.4, -0.2) is 43.8 Å². The number of ether oxygens (including phenoxy) is 1. The summed E-state index contributed by atoms with van der Waals surface area (Å²) in [4.78, 5) is 15.8. The Hall–Kier alpha value is -1.47. The summed E-state index contributed by atoms with van der Waals surface area (Å²) in [7, 11) is 0. The molecule has 5 nitrogen and oxygen atoms in total. The normalized spacial score (nSPS) is 16.4. The Morgan fingerprint density at radius 3 is 2.57 bits per heavy atom. The van der Waals surface area contributed by atoms with Crippen LogP contribution in [0.15, 0.2) is 4.99 Å². The Morgan fingerprint density at radius 2 is 1.96 bits per heavy atom. The van der Waals surface area contributed by atoms with Crippen LogP contribution in [0.3, 0.4) is 0 Å². The van der Waals surface area contributed by atoms with E-state index in [2.05, 4.69) is 15.6 Å². The van der Waals surface area contributed by atoms with Crippen molar-refractivity contribution in [1.29, 1.82) is 0 Å². The molecular formula is C15H26F3N3O2. The van der Waals surface area contributed by atoms with Crippen molar-refractivity contribution in [1.82, 2.24) is 10.6 Å². The molecule has 0 aromatic heterocycles. The molecule has 1 aliphatic rings. The van der Waals surface area contributed by atoms with Crippen LogP contribution in [0.5, 0.6) is 0 Å². The monoisotopic (exact) mass is 337 g/mol. The molecule has 0 aromatic rings. The zero-order valence-corrected chi connectivity index (χ0v) is 13.5. The van der Waals surface area contributed by atoms with Crippen molar-refractivity contribution in [2.75, 3.05) is 19.6 Å². The summed E-state index contributed by atoms with van der Waals surface area (Å²) in [5.41, 5.74) is 0. The first-order chi connectivity index (χ1) is 10.9. The number of guanidine groups is 1. The zero-order valence-electron chi connectivity index (χ0n) is 13.5. The van der Waals surface area contributed by atoms with Crippen LogP contribution in [0.2, 0.25) is 0 Å². The third-order valence-electron chi connectivity index (χ3n) is 3.45. The van der Waals surface area contributed by atoms with Gasteiger partial charge in [0, 0.05) is 26.1 Å². The first-order valence-corrected chi connectivity index (χ1v) is 8.19. The van der Waals surface area contributed by atoms with Gasteiger partial charge < -0.3 is 15.4 Å². The molecule has 0 heterocycles. The lowest BCUT2D eigenvalue weighted by Crippen LogP contribution is -2.39. The molecule has 0 unspecified atom stereocenters. The molecule has 0 spiro atoms. The van der Waals surface area contributed by atoms with E-state index in [1.807, 2.05) is 6.92 Å². The molecule has 134 valence electrons. The number of esters is 1. The van der Waals surface area contributed by atoms with Gasteiger partial charge in [-0.15, -0.1) is 0 Å². The maximum atomic E-state index is 12.1. The van der Waals surface area contributed by atoms with E-state index in [0.717, 1.165) is 25.7 Å². The van der Waals surface area contributed by atoms with Crippen LogP contribution in [0.1, 0.15) is 51.9 Å². The summed E-state index contributed by atoms with van der Waals surface area (Å²) in [6, 6.07) is 0. The smallest absolute Gasteiger partial charge is 0.390 e. The van der Waals surface area contributed by atoms with Crippen LogP contribution in [0, 0.1) is 0 Å². The minimum absolute atomic E-state index is 0.0624. The zero-order chi connectivity index (χ0) is 17.1. The standard InChI is InChI=1S/C15H26F3N3O2/c1-2-19-14(21-11-9-15(16,17)18)20-10-5-8-13(22)23-12-6-3-4-7-12/h12H,2-11H2,1H3,(H2,19,20,21). The average molecular weight is 337 g/mol. The van der Waals surface area contributed by atoms with Crippen LogP contribution in [-0.2, 0) is 9.53 Å². The summed E-state index contributed by atoms with van der Waals surface area (Å²) in [6.45, 7) is 2.53. The van der Waals surface area contributed by atoms with E-state index in [9.17, 15) is 18.0 Å². The topological polar surface area (TPSA) is 62.7 Å². The van der Waals surface area contributed by atoms with Crippen molar-refractivity contribution in [3.05, 3.63) is 0 Å². The number of rotatable bonds is 8. The second-order valence-electron chi connectivity index (χ2n) is 5.55. The van der Waals surface area contributed by atoms with Gasteiger partial charge in [-0.1, -0.05) is 0 Å². The lowest BCUT2D eigenvalue weighted by atomic mass is 10.3. The van der Waals surface area contributed by atoms with Crippen LogP contribution in [0.25, 0.3) is 0 Å². The largest absolute Gasteiger partial charge is 0.462 e. The highest BCUT2D eigenvalue weighted by atomic mass is 19.4. The Kier molecular flexibility index (Phi) is 8.79. The average Bonchev–Trinajstić information content (AvgIpc) is 2.95. The van der Waals surface area contributed by atoms with Gasteiger partial charge in [0.15, 0.2) is 5.96 Å². The molecule has 0 aromatic carbocycles. The van der Waals surface area contributed by atoms with Gasteiger partial charge in [0.05, 0.1) is 6.42 Å². The van der Waals surface area contributed by atoms with Crippen molar-refractivity contribution in [2.45, 2.75) is 64.1 Å². The highest BCUT2D eigenvalue weighted by Gasteiger charge is 2.26. The molecule has 0 saturated heterocycles. The molecule has 0 radical (unpaired) electrons. The number of aliphatic imine (C=N–C) groups is 1. The van der Waals surface area contributed by atoms with Crippen molar-refractivity contribution in [3.8, 4) is 0 Å². The number of nitrogens with one attached hydrogen (secondary N) is 2. The molecule has 1 aliphatic carbocycles. The van der Waals surface area contributed by atoms with Crippen LogP contribution in [0.4, 0.5) is 13.2 Å². The number of carbonyl (C=O) groups excluding carboxylic acids is 1. The number of hydrogen-bond acceptors (Lipinski definition) is 3. The van der Waals surface area contributed by atoms with E-state index < -0.39 is 12.6 Å². The predicted octanol–water partition coefficient (Wildman–Crippen LogP) is 2.76. The van der Waals surface area contributed by atoms with Crippen molar-refractivity contribution in [3.63, 3.8) is 0 Å². The van der Waals surface area contributed by atoms with Crippen LogP contribution >= 0.6 is 0 Å². The molecule has 0 atom stereocenters. The molecule has 1 saturated carbocycles. The van der Waals surface area contributed by atoms with Gasteiger partial charge in [-0.3, -0.25) is 9.79 Å². The Morgan fingerprint density at radius 1 is 1.26 bits per heavy atom. The summed E-state index contributed by atoms with van der Waals surface area (Å²) >= 11 is 0. The molecule has 1 rings (SSSR count). The molecule has 23 heavy (non-hydrogen) atoms. The maximum Gasteiger partial charge on any atom is 0.390 e. The van der Waals surface area contributed by atoms with Gasteiger partial charge in [-0.05, 0) is 39.0 Å². The lowest BCUT2D eigenvalue weighted by Gasteiger charge is -2.13. The molecule has 8 heteroatoms. The second kappa shape index (κ2) is 10.3. The minimum Gasteiger partial charge on any atom is -0.462 e. The van der Waals surface area contributed by atoms with E-state index in [0.29, 0.717) is 25.5 Å². The fraction of sp³-hybridized carbons (Fsp3) is 0.867. The summed E-state index contributed by atoms with van der Waals surface area (Å²) in [5, 5.41) is 5.50. The van der Waals surface area contributed by atoms with E-state index in [-0.39, 0.29) is 25.0 Å². The number of nitrogens with zero attached hydrogens (tertiary/aromatic N) is 1. The summed E-state index contributed by atoms with van der Waals surface area (Å²) in [5.74, 6) is 0.114. The number of halogens is 3. The van der Waals surface area contributed by atoms with Crippen molar-refractivity contribution < 1.29 is 22.7 Å². The second-order valence-corrected chi connectivity index (χ2v) is 5.55. The van der Waals surface area contributed by atoms with Gasteiger partial charge in [0.2, 0.25) is 0 Å². The third kappa shape index (κ3) is 10.0. The molecule has 1 fully saturated rings. The van der Waals surface area contributed by atoms with Gasteiger partial charge in [-0.25, -0.2) is 0 Å². The quantitative estimate of drug-likeness (QED) is 0.309. The van der Waals surface area contributed by atoms with E-state index in [4.69, 9.17) is 4.74 Å². The van der Waals surface area contributed by atoms with Crippen LogP contribution < -0.4 is 10.6 Å². The van der Waals surface area contributed by atoms with Crippen molar-refractivity contribution in [2.24, 2.45) is 4.99 Å². The fourth-order valence-electron chi connectivity index (χ4n) is 2.33. The third-order valence-corrected chi connectivity index (χ3v) is 3.45. The first-order valence-electron chi connectivity index (χ1n) is 8.19. The minimum atomic E-state index is -4.19. The van der Waals surface area contributed by atoms with Gasteiger partial charge in [-0.2, -0.15) is 13.2 Å². The van der Waals surface area contributed by atoms with Gasteiger partial charge in [0.1, 0.15) is 6.10 Å². The fourth-order valence-corrected chi connectivity index (χ4v) is 2.33. The Labute approximate surface area is 135 Å². The molecular weight excluding hydrogens is 311 g/mol. The predicted molar refractivity (Wildman–Crippen MR) is 82.2 cm³/mol. The highest BCUT2D eigenvalue weighted by Crippen LogP contribution is 2.21. The molecule has 0 bridgehead atoms. The number of hydrogen-bond donors (Lipinski definition) is 2. The molecule has 2 N–H and O–H groups in total. The van der Waals surface area contributed by atoms with Crippen molar-refractivity contribution >= 4 is 11.9 Å². The number of alkyl halides is 3. The molecule has 0 amide bonds. The first kappa shape index (κ1) is 19.6.